The maximum Gasteiger partial charge on any atom is 0.230 e. The lowest BCUT2D eigenvalue weighted by Gasteiger charge is -2.36. The third kappa shape index (κ3) is 5.62. The average Bonchev–Trinajstić information content (AvgIpc) is 2.79. The molecule has 0 radical (unpaired) electrons. The molecule has 30 heavy (non-hydrogen) atoms. The molecule has 2 heterocycles. The van der Waals surface area contributed by atoms with Crippen LogP contribution in [0.25, 0.3) is 0 Å². The lowest BCUT2D eigenvalue weighted by molar-refractivity contribution is -0.119. The van der Waals surface area contributed by atoms with Gasteiger partial charge in [-0.15, -0.1) is 10.2 Å². The van der Waals surface area contributed by atoms with Gasteiger partial charge in [0.25, 0.3) is 0 Å². The summed E-state index contributed by atoms with van der Waals surface area (Å²) in [6, 6.07) is 10.9. The van der Waals surface area contributed by atoms with E-state index in [4.69, 9.17) is 0 Å². The van der Waals surface area contributed by atoms with Gasteiger partial charge in [0.2, 0.25) is 5.91 Å². The lowest BCUT2D eigenvalue weighted by atomic mass is 9.95. The van der Waals surface area contributed by atoms with Crippen molar-refractivity contribution < 1.29 is 9.18 Å². The van der Waals surface area contributed by atoms with Gasteiger partial charge < -0.3 is 15.1 Å². The van der Waals surface area contributed by atoms with Crippen molar-refractivity contribution in [3.63, 3.8) is 0 Å². The molecule has 2 aliphatic rings. The van der Waals surface area contributed by atoms with Crippen LogP contribution < -0.4 is 15.1 Å². The number of hydrogen-bond acceptors (Lipinski definition) is 6. The Morgan fingerprint density at radius 3 is 2.33 bits per heavy atom. The summed E-state index contributed by atoms with van der Waals surface area (Å²) in [6.45, 7) is 3.38. The first-order valence-electron chi connectivity index (χ1n) is 10.7. The van der Waals surface area contributed by atoms with Crippen LogP contribution in [0.5, 0.6) is 0 Å². The van der Waals surface area contributed by atoms with Crippen LogP contribution in [-0.4, -0.2) is 54.1 Å². The second-order valence-electron chi connectivity index (χ2n) is 7.87. The number of anilines is 2. The molecule has 1 saturated heterocycles. The molecule has 1 amide bonds. The van der Waals surface area contributed by atoms with E-state index in [1.807, 2.05) is 24.3 Å². The van der Waals surface area contributed by atoms with E-state index < -0.39 is 0 Å². The highest BCUT2D eigenvalue weighted by molar-refractivity contribution is 7.99. The van der Waals surface area contributed by atoms with Crippen molar-refractivity contribution in [2.45, 2.75) is 43.2 Å². The van der Waals surface area contributed by atoms with Crippen molar-refractivity contribution >= 4 is 29.2 Å². The van der Waals surface area contributed by atoms with E-state index in [2.05, 4.69) is 25.3 Å². The number of nitrogens with one attached hydrogen (secondary N) is 1. The van der Waals surface area contributed by atoms with Crippen molar-refractivity contribution in [2.24, 2.45) is 0 Å². The number of rotatable bonds is 6. The Balaban J connectivity index is 1.22. The number of carbonyl (C=O) groups is 1. The van der Waals surface area contributed by atoms with Gasteiger partial charge in [-0.05, 0) is 49.2 Å². The highest BCUT2D eigenvalue weighted by Gasteiger charge is 2.19. The van der Waals surface area contributed by atoms with E-state index in [0.29, 0.717) is 11.8 Å². The van der Waals surface area contributed by atoms with Gasteiger partial charge in [0.1, 0.15) is 10.8 Å². The molecule has 1 aromatic carbocycles. The number of hydrogen-bond donors (Lipinski definition) is 1. The molecule has 0 atom stereocenters. The molecular weight excluding hydrogens is 401 g/mol. The van der Waals surface area contributed by atoms with E-state index in [-0.39, 0.29) is 11.7 Å². The second-order valence-corrected chi connectivity index (χ2v) is 8.87. The summed E-state index contributed by atoms with van der Waals surface area (Å²) < 4.78 is 13.1. The number of piperazine rings is 1. The van der Waals surface area contributed by atoms with E-state index in [1.165, 1.54) is 43.2 Å². The number of thioether (sulfide) groups is 1. The van der Waals surface area contributed by atoms with E-state index >= 15 is 0 Å². The first kappa shape index (κ1) is 20.9. The number of nitrogens with zero attached hydrogens (tertiary/aromatic N) is 4. The van der Waals surface area contributed by atoms with Gasteiger partial charge in [0.15, 0.2) is 5.82 Å². The van der Waals surface area contributed by atoms with Gasteiger partial charge in [0.05, 0.1) is 5.75 Å². The van der Waals surface area contributed by atoms with E-state index in [9.17, 15) is 9.18 Å². The minimum atomic E-state index is -0.211. The van der Waals surface area contributed by atoms with Crippen LogP contribution in [0, 0.1) is 5.82 Å². The van der Waals surface area contributed by atoms with Crippen LogP contribution in [0.4, 0.5) is 15.9 Å². The van der Waals surface area contributed by atoms with Crippen molar-refractivity contribution in [1.82, 2.24) is 15.5 Å². The highest BCUT2D eigenvalue weighted by Crippen LogP contribution is 2.22. The van der Waals surface area contributed by atoms with Crippen molar-refractivity contribution in [1.29, 1.82) is 0 Å². The maximum absolute atomic E-state index is 13.1. The molecule has 6 nitrogen and oxygen atoms in total. The molecule has 1 aliphatic heterocycles. The highest BCUT2D eigenvalue weighted by atomic mass is 32.2. The molecule has 2 aromatic rings. The Labute approximate surface area is 181 Å². The zero-order valence-corrected chi connectivity index (χ0v) is 17.9. The molecule has 0 unspecified atom stereocenters. The number of halogens is 1. The fourth-order valence-electron chi connectivity index (χ4n) is 4.06. The SMILES string of the molecule is O=C(CSc1ccc(N2CCN(c3ccc(F)cc3)CC2)nn1)NC1CCCCC1. The van der Waals surface area contributed by atoms with Gasteiger partial charge in [-0.2, -0.15) is 0 Å². The molecule has 160 valence electrons. The number of carbonyl (C=O) groups excluding carboxylic acids is 1. The Bertz CT molecular complexity index is 818. The van der Waals surface area contributed by atoms with Gasteiger partial charge in [0, 0.05) is 37.9 Å². The van der Waals surface area contributed by atoms with Crippen LogP contribution in [0.2, 0.25) is 0 Å². The average molecular weight is 430 g/mol. The fraction of sp³-hybridized carbons (Fsp3) is 0.500. The third-order valence-corrected chi connectivity index (χ3v) is 6.66. The molecule has 8 heteroatoms. The smallest absolute Gasteiger partial charge is 0.230 e. The summed E-state index contributed by atoms with van der Waals surface area (Å²) in [5.41, 5.74) is 1.04. The monoisotopic (exact) mass is 429 g/mol. The first-order chi connectivity index (χ1) is 14.7. The molecule has 1 aromatic heterocycles. The Morgan fingerprint density at radius 2 is 1.67 bits per heavy atom. The minimum Gasteiger partial charge on any atom is -0.368 e. The van der Waals surface area contributed by atoms with Crippen molar-refractivity contribution in [3.8, 4) is 0 Å². The Kier molecular flexibility index (Phi) is 7.04. The molecular formula is C22H28FN5OS. The number of benzene rings is 1. The molecule has 2 fully saturated rings. The molecule has 1 saturated carbocycles. The van der Waals surface area contributed by atoms with Gasteiger partial charge in [-0.1, -0.05) is 31.0 Å². The van der Waals surface area contributed by atoms with Crippen LogP contribution in [0.1, 0.15) is 32.1 Å². The predicted molar refractivity (Wildman–Crippen MR) is 119 cm³/mol. The van der Waals surface area contributed by atoms with Gasteiger partial charge in [-0.25, -0.2) is 4.39 Å². The second kappa shape index (κ2) is 10.1. The van der Waals surface area contributed by atoms with E-state index in [1.54, 1.807) is 0 Å². The van der Waals surface area contributed by atoms with Crippen LogP contribution >= 0.6 is 11.8 Å². The van der Waals surface area contributed by atoms with E-state index in [0.717, 1.165) is 55.6 Å². The maximum atomic E-state index is 13.1. The standard InChI is InChI=1S/C22H28FN5OS/c23-17-6-8-19(9-7-17)27-12-14-28(15-13-27)20-10-11-22(26-25-20)30-16-21(29)24-18-4-2-1-3-5-18/h6-11,18H,1-5,12-16H2,(H,24,29). The van der Waals surface area contributed by atoms with Crippen molar-refractivity contribution in [2.75, 3.05) is 41.7 Å². The zero-order chi connectivity index (χ0) is 20.8. The van der Waals surface area contributed by atoms with Crippen molar-refractivity contribution in [3.05, 3.63) is 42.2 Å². The topological polar surface area (TPSA) is 61.4 Å². The molecule has 1 N–H and O–H groups in total. The van der Waals surface area contributed by atoms with Crippen LogP contribution in [0.15, 0.2) is 41.4 Å². The predicted octanol–water partition coefficient (Wildman–Crippen LogP) is 3.48. The Hall–Kier alpha value is -2.35. The number of aromatic nitrogens is 2. The third-order valence-electron chi connectivity index (χ3n) is 5.74. The summed E-state index contributed by atoms with van der Waals surface area (Å²) >= 11 is 1.43. The summed E-state index contributed by atoms with van der Waals surface area (Å²) in [6.07, 6.45) is 5.90. The first-order valence-corrected chi connectivity index (χ1v) is 11.7. The normalized spacial score (nSPS) is 17.8. The fourth-order valence-corrected chi connectivity index (χ4v) is 4.69. The van der Waals surface area contributed by atoms with Crippen LogP contribution in [-0.2, 0) is 4.79 Å². The van der Waals surface area contributed by atoms with Gasteiger partial charge in [-0.3, -0.25) is 4.79 Å². The summed E-state index contributed by atoms with van der Waals surface area (Å²) in [5, 5.41) is 12.6. The summed E-state index contributed by atoms with van der Waals surface area (Å²) in [7, 11) is 0. The zero-order valence-electron chi connectivity index (χ0n) is 17.1. The lowest BCUT2D eigenvalue weighted by Crippen LogP contribution is -2.46. The Morgan fingerprint density at radius 1 is 0.967 bits per heavy atom. The summed E-state index contributed by atoms with van der Waals surface area (Å²) in [4.78, 5) is 16.6. The summed E-state index contributed by atoms with van der Waals surface area (Å²) in [5.74, 6) is 1.09. The quantitative estimate of drug-likeness (QED) is 0.710. The molecule has 4 rings (SSSR count). The molecule has 1 aliphatic carbocycles. The minimum absolute atomic E-state index is 0.0784. The van der Waals surface area contributed by atoms with Gasteiger partial charge >= 0.3 is 0 Å². The molecule has 0 spiro atoms. The number of amides is 1. The largest absolute Gasteiger partial charge is 0.368 e. The van der Waals surface area contributed by atoms with Crippen LogP contribution in [0.3, 0.4) is 0 Å². The molecule has 0 bridgehead atoms.